The number of nitrogens with one attached hydrogen (secondary N) is 1. The van der Waals surface area contributed by atoms with Gasteiger partial charge in [-0.25, -0.2) is 4.98 Å². The van der Waals surface area contributed by atoms with E-state index in [0.29, 0.717) is 10.6 Å². The first kappa shape index (κ1) is 16.2. The van der Waals surface area contributed by atoms with Crippen molar-refractivity contribution in [2.75, 3.05) is 0 Å². The Balaban J connectivity index is 2.20. The van der Waals surface area contributed by atoms with Crippen molar-refractivity contribution in [2.45, 2.75) is 30.4 Å². The molecule has 0 atom stereocenters. The van der Waals surface area contributed by atoms with Gasteiger partial charge in [-0.15, -0.1) is 11.8 Å². The van der Waals surface area contributed by atoms with Gasteiger partial charge >= 0.3 is 0 Å². The van der Waals surface area contributed by atoms with Crippen molar-refractivity contribution in [1.82, 2.24) is 9.97 Å². The molecular formula is C14H14Br2N2S2. The topological polar surface area (TPSA) is 28.7 Å². The fraction of sp³-hybridized carbons (Fsp3) is 0.286. The van der Waals surface area contributed by atoms with E-state index in [1.807, 2.05) is 12.1 Å². The third kappa shape index (κ3) is 4.16. The van der Waals surface area contributed by atoms with Crippen LogP contribution in [0.1, 0.15) is 31.3 Å². The second kappa shape index (κ2) is 7.20. The normalized spacial score (nSPS) is 11.1. The van der Waals surface area contributed by atoms with Gasteiger partial charge in [0.1, 0.15) is 10.5 Å². The molecule has 0 aliphatic carbocycles. The zero-order chi connectivity index (χ0) is 14.7. The summed E-state index contributed by atoms with van der Waals surface area (Å²) in [5.74, 6) is 2.06. The Morgan fingerprint density at radius 1 is 1.35 bits per heavy atom. The molecule has 2 rings (SSSR count). The lowest BCUT2D eigenvalue weighted by Gasteiger charge is -2.11. The average molecular weight is 434 g/mol. The molecule has 0 amide bonds. The molecule has 0 unspecified atom stereocenters. The van der Waals surface area contributed by atoms with E-state index in [0.717, 1.165) is 26.2 Å². The van der Waals surface area contributed by atoms with Crippen molar-refractivity contribution in [1.29, 1.82) is 0 Å². The monoisotopic (exact) mass is 432 g/mol. The summed E-state index contributed by atoms with van der Waals surface area (Å²) in [7, 11) is 0. The fourth-order valence-corrected chi connectivity index (χ4v) is 3.94. The Bertz CT molecular complexity index is 668. The van der Waals surface area contributed by atoms with Gasteiger partial charge in [0.15, 0.2) is 0 Å². The van der Waals surface area contributed by atoms with Crippen LogP contribution in [0.4, 0.5) is 0 Å². The fourth-order valence-electron chi connectivity index (χ4n) is 1.70. The molecule has 0 saturated heterocycles. The predicted molar refractivity (Wildman–Crippen MR) is 94.9 cm³/mol. The van der Waals surface area contributed by atoms with Crippen molar-refractivity contribution in [3.05, 3.63) is 49.4 Å². The van der Waals surface area contributed by atoms with Crippen molar-refractivity contribution in [2.24, 2.45) is 0 Å². The highest BCUT2D eigenvalue weighted by Gasteiger charge is 2.10. The van der Waals surface area contributed by atoms with Crippen molar-refractivity contribution >= 4 is 55.8 Å². The van der Waals surface area contributed by atoms with Gasteiger partial charge in [-0.2, -0.15) is 0 Å². The second-order valence-corrected chi connectivity index (χ2v) is 7.76. The van der Waals surface area contributed by atoms with Crippen molar-refractivity contribution < 1.29 is 0 Å². The molecule has 0 aliphatic rings. The summed E-state index contributed by atoms with van der Waals surface area (Å²) in [4.78, 5) is 9.02. The molecular weight excluding hydrogens is 420 g/mol. The number of H-pyrrole nitrogens is 1. The summed E-state index contributed by atoms with van der Waals surface area (Å²) in [6, 6.07) is 8.24. The summed E-state index contributed by atoms with van der Waals surface area (Å²) >= 11 is 14.0. The standard InChI is InChI=1S/C14H14Br2N2S2/c1-8(2)13-12(16)14(19)18-11(17-13)7-20-10-5-3-4-9(15)6-10/h3-6,8H,7H2,1-2H3,(H,17,18,19). The zero-order valence-electron chi connectivity index (χ0n) is 11.1. The average Bonchev–Trinajstić information content (AvgIpc) is 2.39. The molecule has 106 valence electrons. The zero-order valence-corrected chi connectivity index (χ0v) is 15.9. The molecule has 1 aromatic carbocycles. The number of aromatic amines is 1. The van der Waals surface area contributed by atoms with Gasteiger partial charge in [-0.3, -0.25) is 0 Å². The van der Waals surface area contributed by atoms with Crippen LogP contribution < -0.4 is 0 Å². The molecule has 0 spiro atoms. The van der Waals surface area contributed by atoms with Crippen LogP contribution in [0.3, 0.4) is 0 Å². The molecule has 2 nitrogen and oxygen atoms in total. The first-order valence-corrected chi connectivity index (χ1v) is 9.12. The molecule has 1 N–H and O–H groups in total. The summed E-state index contributed by atoms with van der Waals surface area (Å²) < 4.78 is 2.61. The van der Waals surface area contributed by atoms with Crippen LogP contribution in [-0.4, -0.2) is 9.97 Å². The maximum absolute atomic E-state index is 5.30. The Morgan fingerprint density at radius 2 is 2.10 bits per heavy atom. The second-order valence-electron chi connectivity index (χ2n) is 4.62. The van der Waals surface area contributed by atoms with Gasteiger partial charge in [0.25, 0.3) is 0 Å². The van der Waals surface area contributed by atoms with Gasteiger partial charge in [-0.1, -0.05) is 48.1 Å². The van der Waals surface area contributed by atoms with E-state index in [1.54, 1.807) is 11.8 Å². The van der Waals surface area contributed by atoms with Crippen molar-refractivity contribution in [3.63, 3.8) is 0 Å². The maximum atomic E-state index is 5.30. The summed E-state index contributed by atoms with van der Waals surface area (Å²) in [6.45, 7) is 4.27. The van der Waals surface area contributed by atoms with E-state index in [4.69, 9.17) is 12.2 Å². The number of aromatic nitrogens is 2. The minimum atomic E-state index is 0.378. The molecule has 0 fully saturated rings. The van der Waals surface area contributed by atoms with E-state index in [-0.39, 0.29) is 0 Å². The molecule has 2 aromatic rings. The lowest BCUT2D eigenvalue weighted by atomic mass is 10.1. The minimum Gasteiger partial charge on any atom is -0.345 e. The molecule has 0 saturated carbocycles. The van der Waals surface area contributed by atoms with Crippen LogP contribution in [0.2, 0.25) is 0 Å². The van der Waals surface area contributed by atoms with Crippen LogP contribution in [0, 0.1) is 4.64 Å². The van der Waals surface area contributed by atoms with E-state index in [1.165, 1.54) is 4.90 Å². The van der Waals surface area contributed by atoms with Gasteiger partial charge < -0.3 is 4.98 Å². The lowest BCUT2D eigenvalue weighted by molar-refractivity contribution is 0.788. The van der Waals surface area contributed by atoms with Gasteiger partial charge in [0.05, 0.1) is 10.2 Å². The quantitative estimate of drug-likeness (QED) is 0.467. The summed E-state index contributed by atoms with van der Waals surface area (Å²) in [5.41, 5.74) is 1.11. The van der Waals surface area contributed by atoms with E-state index < -0.39 is 0 Å². The number of hydrogen-bond donors (Lipinski definition) is 1. The molecule has 0 bridgehead atoms. The number of rotatable bonds is 4. The number of halogens is 2. The first-order valence-electron chi connectivity index (χ1n) is 6.14. The number of benzene rings is 1. The van der Waals surface area contributed by atoms with Gasteiger partial charge in [0, 0.05) is 15.1 Å². The molecule has 1 aromatic heterocycles. The predicted octanol–water partition coefficient (Wildman–Crippen LogP) is 6.08. The number of thioether (sulfide) groups is 1. The highest BCUT2D eigenvalue weighted by Crippen LogP contribution is 2.27. The SMILES string of the molecule is CC(C)c1[nH]c(CSc2cccc(Br)c2)nc(=S)c1Br. The van der Waals surface area contributed by atoms with Crippen LogP contribution in [0.15, 0.2) is 38.1 Å². The third-order valence-electron chi connectivity index (χ3n) is 2.69. The van der Waals surface area contributed by atoms with Crippen LogP contribution in [0.25, 0.3) is 0 Å². The smallest absolute Gasteiger partial charge is 0.144 e. The third-order valence-corrected chi connectivity index (χ3v) is 5.55. The number of nitrogens with zero attached hydrogens (tertiary/aromatic N) is 1. The molecule has 0 radical (unpaired) electrons. The van der Waals surface area contributed by atoms with Gasteiger partial charge in [0.2, 0.25) is 0 Å². The highest BCUT2D eigenvalue weighted by molar-refractivity contribution is 9.10. The van der Waals surface area contributed by atoms with E-state index in [2.05, 4.69) is 67.8 Å². The molecule has 1 heterocycles. The molecule has 20 heavy (non-hydrogen) atoms. The Morgan fingerprint density at radius 3 is 2.75 bits per heavy atom. The summed E-state index contributed by atoms with van der Waals surface area (Å²) in [5, 5.41) is 0. The van der Waals surface area contributed by atoms with E-state index in [9.17, 15) is 0 Å². The van der Waals surface area contributed by atoms with Crippen LogP contribution in [0.5, 0.6) is 0 Å². The summed E-state index contributed by atoms with van der Waals surface area (Å²) in [6.07, 6.45) is 0. The highest BCUT2D eigenvalue weighted by atomic mass is 79.9. The Kier molecular flexibility index (Phi) is 5.84. The van der Waals surface area contributed by atoms with Crippen LogP contribution >= 0.6 is 55.8 Å². The van der Waals surface area contributed by atoms with Gasteiger partial charge in [-0.05, 0) is 40.0 Å². The van der Waals surface area contributed by atoms with Crippen LogP contribution in [-0.2, 0) is 5.75 Å². The molecule has 0 aliphatic heterocycles. The Hall–Kier alpha value is -0.170. The molecule has 6 heteroatoms. The van der Waals surface area contributed by atoms with E-state index >= 15 is 0 Å². The van der Waals surface area contributed by atoms with Crippen molar-refractivity contribution in [3.8, 4) is 0 Å². The minimum absolute atomic E-state index is 0.378. The Labute approximate surface area is 145 Å². The largest absolute Gasteiger partial charge is 0.345 e. The maximum Gasteiger partial charge on any atom is 0.144 e. The lowest BCUT2D eigenvalue weighted by Crippen LogP contribution is -2.02. The number of hydrogen-bond acceptors (Lipinski definition) is 3. The first-order chi connectivity index (χ1) is 9.47.